The van der Waals surface area contributed by atoms with Gasteiger partial charge in [0.05, 0.1) is 31.5 Å². The summed E-state index contributed by atoms with van der Waals surface area (Å²) >= 11 is 6.25. The monoisotopic (exact) mass is 429 g/mol. The summed E-state index contributed by atoms with van der Waals surface area (Å²) in [5.74, 6) is 0.796. The number of nitrogens with zero attached hydrogens (tertiary/aromatic N) is 5. The molecular formula is C22H28ClN5O2. The molecule has 2 aliphatic heterocycles. The number of likely N-dealkylation sites (tertiary alicyclic amines) is 1. The van der Waals surface area contributed by atoms with Crippen LogP contribution in [-0.2, 0) is 9.53 Å². The number of morpholine rings is 1. The predicted molar refractivity (Wildman–Crippen MR) is 118 cm³/mol. The molecule has 0 saturated carbocycles. The first kappa shape index (κ1) is 21.0. The van der Waals surface area contributed by atoms with Gasteiger partial charge in [0.1, 0.15) is 0 Å². The van der Waals surface area contributed by atoms with Crippen molar-refractivity contribution in [2.45, 2.75) is 18.9 Å². The van der Waals surface area contributed by atoms with Gasteiger partial charge in [0.25, 0.3) is 0 Å². The first-order chi connectivity index (χ1) is 14.5. The van der Waals surface area contributed by atoms with Gasteiger partial charge < -0.3 is 14.5 Å². The summed E-state index contributed by atoms with van der Waals surface area (Å²) in [6.07, 6.45) is 3.72. The standard InChI is InChI=1S/C22H28ClN5O2/c1-26(2)22-24-14-18(16-5-3-6-17(23)13-16)21(25-22)19-7-4-8-28(19)20(29)15-27-9-11-30-12-10-27/h3,5-6,13-14,19H,4,7-12,15H2,1-2H3/t19-/m1/s1. The van der Waals surface area contributed by atoms with Crippen LogP contribution in [0.5, 0.6) is 0 Å². The number of halogens is 1. The van der Waals surface area contributed by atoms with Crippen LogP contribution in [-0.4, -0.2) is 79.2 Å². The highest BCUT2D eigenvalue weighted by molar-refractivity contribution is 6.30. The van der Waals surface area contributed by atoms with E-state index < -0.39 is 0 Å². The average Bonchev–Trinajstić information content (AvgIpc) is 3.24. The molecule has 2 aliphatic rings. The van der Waals surface area contributed by atoms with Gasteiger partial charge in [0.15, 0.2) is 0 Å². The molecule has 0 unspecified atom stereocenters. The quantitative estimate of drug-likeness (QED) is 0.728. The smallest absolute Gasteiger partial charge is 0.237 e. The third-order valence-electron chi connectivity index (χ3n) is 5.69. The first-order valence-corrected chi connectivity index (χ1v) is 10.8. The van der Waals surface area contributed by atoms with E-state index in [0.29, 0.717) is 30.7 Å². The van der Waals surface area contributed by atoms with E-state index in [-0.39, 0.29) is 11.9 Å². The molecule has 1 atom stereocenters. The topological polar surface area (TPSA) is 61.8 Å². The lowest BCUT2D eigenvalue weighted by atomic mass is 10.00. The maximum Gasteiger partial charge on any atom is 0.237 e. The van der Waals surface area contributed by atoms with Crippen molar-refractivity contribution in [1.29, 1.82) is 0 Å². The molecule has 2 saturated heterocycles. The van der Waals surface area contributed by atoms with Crippen LogP contribution in [0.15, 0.2) is 30.5 Å². The lowest BCUT2D eigenvalue weighted by molar-refractivity contribution is -0.134. The third kappa shape index (κ3) is 4.58. The van der Waals surface area contributed by atoms with Crippen molar-refractivity contribution in [3.8, 4) is 11.1 Å². The van der Waals surface area contributed by atoms with Gasteiger partial charge in [-0.15, -0.1) is 0 Å². The number of carbonyl (C=O) groups excluding carboxylic acids is 1. The van der Waals surface area contributed by atoms with E-state index in [4.69, 9.17) is 21.3 Å². The van der Waals surface area contributed by atoms with Gasteiger partial charge in [-0.3, -0.25) is 9.69 Å². The number of ether oxygens (including phenoxy) is 1. The van der Waals surface area contributed by atoms with Crippen molar-refractivity contribution in [3.63, 3.8) is 0 Å². The number of amides is 1. The van der Waals surface area contributed by atoms with E-state index in [1.165, 1.54) is 0 Å². The highest BCUT2D eigenvalue weighted by atomic mass is 35.5. The molecular weight excluding hydrogens is 402 g/mol. The van der Waals surface area contributed by atoms with Gasteiger partial charge in [-0.2, -0.15) is 0 Å². The van der Waals surface area contributed by atoms with E-state index in [2.05, 4.69) is 9.88 Å². The predicted octanol–water partition coefficient (Wildman–Crippen LogP) is 2.86. The fraction of sp³-hybridized carbons (Fsp3) is 0.500. The third-order valence-corrected chi connectivity index (χ3v) is 5.93. The summed E-state index contributed by atoms with van der Waals surface area (Å²) < 4.78 is 5.41. The van der Waals surface area contributed by atoms with E-state index in [0.717, 1.165) is 49.3 Å². The van der Waals surface area contributed by atoms with Crippen LogP contribution in [0.3, 0.4) is 0 Å². The zero-order valence-electron chi connectivity index (χ0n) is 17.6. The molecule has 7 nitrogen and oxygen atoms in total. The minimum atomic E-state index is -0.0609. The number of carbonyl (C=O) groups is 1. The zero-order chi connectivity index (χ0) is 21.1. The summed E-state index contributed by atoms with van der Waals surface area (Å²) in [6.45, 7) is 4.16. The van der Waals surface area contributed by atoms with Crippen LogP contribution in [0.4, 0.5) is 5.95 Å². The van der Waals surface area contributed by atoms with Crippen LogP contribution in [0.1, 0.15) is 24.6 Å². The minimum Gasteiger partial charge on any atom is -0.379 e. The Balaban J connectivity index is 1.66. The molecule has 0 aliphatic carbocycles. The Morgan fingerprint density at radius 3 is 2.80 bits per heavy atom. The molecule has 160 valence electrons. The molecule has 0 spiro atoms. The van der Waals surface area contributed by atoms with Crippen molar-refractivity contribution in [3.05, 3.63) is 41.2 Å². The number of hydrogen-bond donors (Lipinski definition) is 0. The molecule has 0 radical (unpaired) electrons. The Morgan fingerprint density at radius 2 is 2.07 bits per heavy atom. The van der Waals surface area contributed by atoms with Crippen molar-refractivity contribution in [2.24, 2.45) is 0 Å². The fourth-order valence-corrected chi connectivity index (χ4v) is 4.31. The Kier molecular flexibility index (Phi) is 6.51. The Hall–Kier alpha value is -2.22. The summed E-state index contributed by atoms with van der Waals surface area (Å²) in [5.41, 5.74) is 2.79. The van der Waals surface area contributed by atoms with Gasteiger partial charge in [-0.25, -0.2) is 9.97 Å². The molecule has 2 fully saturated rings. The normalized spacial score (nSPS) is 19.8. The number of hydrogen-bond acceptors (Lipinski definition) is 6. The Bertz CT molecular complexity index is 901. The zero-order valence-corrected chi connectivity index (χ0v) is 18.3. The largest absolute Gasteiger partial charge is 0.379 e. The van der Waals surface area contributed by atoms with Crippen molar-refractivity contribution in [2.75, 3.05) is 58.4 Å². The molecule has 4 rings (SSSR count). The summed E-state index contributed by atoms with van der Waals surface area (Å²) in [7, 11) is 3.85. The summed E-state index contributed by atoms with van der Waals surface area (Å²) in [4.78, 5) is 28.6. The molecule has 0 bridgehead atoms. The minimum absolute atomic E-state index is 0.0609. The van der Waals surface area contributed by atoms with Crippen LogP contribution in [0.25, 0.3) is 11.1 Å². The summed E-state index contributed by atoms with van der Waals surface area (Å²) in [5, 5.41) is 0.668. The molecule has 3 heterocycles. The second-order valence-corrected chi connectivity index (χ2v) is 8.44. The number of rotatable bonds is 5. The average molecular weight is 430 g/mol. The SMILES string of the molecule is CN(C)c1ncc(-c2cccc(Cl)c2)c([C@H]2CCCN2C(=O)CN2CCOCC2)n1. The van der Waals surface area contributed by atoms with Crippen molar-refractivity contribution in [1.82, 2.24) is 19.8 Å². The van der Waals surface area contributed by atoms with Gasteiger partial charge in [0, 0.05) is 50.5 Å². The van der Waals surface area contributed by atoms with Gasteiger partial charge >= 0.3 is 0 Å². The van der Waals surface area contributed by atoms with Gasteiger partial charge in [-0.05, 0) is 30.5 Å². The maximum absolute atomic E-state index is 13.2. The molecule has 0 N–H and O–H groups in total. The number of anilines is 1. The van der Waals surface area contributed by atoms with Gasteiger partial charge in [-0.1, -0.05) is 23.7 Å². The molecule has 2 aromatic rings. The molecule has 1 aromatic heterocycles. The molecule has 30 heavy (non-hydrogen) atoms. The highest BCUT2D eigenvalue weighted by Gasteiger charge is 2.34. The van der Waals surface area contributed by atoms with E-state index >= 15 is 0 Å². The van der Waals surface area contributed by atoms with Crippen molar-refractivity contribution < 1.29 is 9.53 Å². The number of benzene rings is 1. The highest BCUT2D eigenvalue weighted by Crippen LogP contribution is 2.37. The van der Waals surface area contributed by atoms with Crippen LogP contribution >= 0.6 is 11.6 Å². The lowest BCUT2D eigenvalue weighted by Crippen LogP contribution is -2.44. The second-order valence-electron chi connectivity index (χ2n) is 8.01. The van der Waals surface area contributed by atoms with Gasteiger partial charge in [0.2, 0.25) is 11.9 Å². The van der Waals surface area contributed by atoms with E-state index in [9.17, 15) is 4.79 Å². The molecule has 8 heteroatoms. The Labute approximate surface area is 182 Å². The van der Waals surface area contributed by atoms with Crippen LogP contribution < -0.4 is 4.90 Å². The van der Waals surface area contributed by atoms with Crippen LogP contribution in [0.2, 0.25) is 5.02 Å². The summed E-state index contributed by atoms with van der Waals surface area (Å²) in [6, 6.07) is 7.66. The first-order valence-electron chi connectivity index (χ1n) is 10.4. The molecule has 1 amide bonds. The molecule has 1 aromatic carbocycles. The fourth-order valence-electron chi connectivity index (χ4n) is 4.12. The maximum atomic E-state index is 13.2. The van der Waals surface area contributed by atoms with Crippen LogP contribution in [0, 0.1) is 0 Å². The van der Waals surface area contributed by atoms with Crippen molar-refractivity contribution >= 4 is 23.5 Å². The second kappa shape index (κ2) is 9.29. The number of aromatic nitrogens is 2. The van der Waals surface area contributed by atoms with E-state index in [1.54, 1.807) is 0 Å². The lowest BCUT2D eigenvalue weighted by Gasteiger charge is -2.31. The van der Waals surface area contributed by atoms with E-state index in [1.807, 2.05) is 54.4 Å². The Morgan fingerprint density at radius 1 is 1.27 bits per heavy atom.